The van der Waals surface area contributed by atoms with E-state index < -0.39 is 17.6 Å². The summed E-state index contributed by atoms with van der Waals surface area (Å²) in [5.41, 5.74) is 1.78. The lowest BCUT2D eigenvalue weighted by Crippen LogP contribution is -2.36. The van der Waals surface area contributed by atoms with Crippen LogP contribution in [0.15, 0.2) is 47.4 Å². The Morgan fingerprint density at radius 1 is 1.33 bits per heavy atom. The molecule has 1 fully saturated rings. The molecule has 138 valence electrons. The normalized spacial score (nSPS) is 15.5. The standard InChI is InChI=1S/C19H15FN2O3S2/c1-11-7-14(23)5-6-15(11)21-17(24)10-22-18(25)16(27-19(22)26)9-12-3-2-4-13(20)8-12/h2-9,23H,10H2,1H3,(H,21,24)/b16-9-. The van der Waals surface area contributed by atoms with E-state index in [4.69, 9.17) is 12.2 Å². The summed E-state index contributed by atoms with van der Waals surface area (Å²) in [5, 5.41) is 12.1. The van der Waals surface area contributed by atoms with Gasteiger partial charge in [-0.05, 0) is 54.5 Å². The fourth-order valence-corrected chi connectivity index (χ4v) is 3.76. The van der Waals surface area contributed by atoms with E-state index in [1.807, 2.05) is 0 Å². The third-order valence-corrected chi connectivity index (χ3v) is 5.18. The predicted molar refractivity (Wildman–Crippen MR) is 108 cm³/mol. The number of aryl methyl sites for hydroxylation is 1. The van der Waals surface area contributed by atoms with Gasteiger partial charge in [-0.25, -0.2) is 4.39 Å². The molecule has 2 amide bonds. The Balaban J connectivity index is 1.71. The number of phenols is 1. The number of hydrogen-bond donors (Lipinski definition) is 2. The molecule has 1 heterocycles. The number of anilines is 1. The lowest BCUT2D eigenvalue weighted by atomic mass is 10.2. The number of nitrogens with zero attached hydrogens (tertiary/aromatic N) is 1. The van der Waals surface area contributed by atoms with E-state index >= 15 is 0 Å². The van der Waals surface area contributed by atoms with Crippen molar-refractivity contribution in [3.05, 3.63) is 64.3 Å². The number of halogens is 1. The molecule has 1 aliphatic heterocycles. The van der Waals surface area contributed by atoms with Crippen LogP contribution in [0.5, 0.6) is 5.75 Å². The number of amides is 2. The Kier molecular flexibility index (Phi) is 5.57. The number of nitrogens with one attached hydrogen (secondary N) is 1. The van der Waals surface area contributed by atoms with Crippen LogP contribution in [0.1, 0.15) is 11.1 Å². The molecule has 0 aliphatic carbocycles. The van der Waals surface area contributed by atoms with Crippen LogP contribution in [0.4, 0.5) is 10.1 Å². The molecule has 8 heteroatoms. The van der Waals surface area contributed by atoms with Gasteiger partial charge in [0.1, 0.15) is 22.4 Å². The Morgan fingerprint density at radius 3 is 2.81 bits per heavy atom. The molecular weight excluding hydrogens is 387 g/mol. The zero-order valence-electron chi connectivity index (χ0n) is 14.2. The second kappa shape index (κ2) is 7.89. The summed E-state index contributed by atoms with van der Waals surface area (Å²) in [6.45, 7) is 1.52. The number of phenolic OH excluding ortho intramolecular Hbond substituents is 1. The van der Waals surface area contributed by atoms with Crippen molar-refractivity contribution in [3.63, 3.8) is 0 Å². The maximum atomic E-state index is 13.3. The largest absolute Gasteiger partial charge is 0.508 e. The van der Waals surface area contributed by atoms with Crippen molar-refractivity contribution >= 4 is 51.9 Å². The summed E-state index contributed by atoms with van der Waals surface area (Å²) in [6.07, 6.45) is 1.55. The van der Waals surface area contributed by atoms with Gasteiger partial charge >= 0.3 is 0 Å². The van der Waals surface area contributed by atoms with Crippen molar-refractivity contribution in [3.8, 4) is 5.75 Å². The van der Waals surface area contributed by atoms with E-state index in [0.29, 0.717) is 21.7 Å². The molecule has 5 nitrogen and oxygen atoms in total. The molecule has 3 rings (SSSR count). The highest BCUT2D eigenvalue weighted by molar-refractivity contribution is 8.26. The zero-order chi connectivity index (χ0) is 19.6. The molecular formula is C19H15FN2O3S2. The van der Waals surface area contributed by atoms with E-state index in [1.165, 1.54) is 29.2 Å². The number of carbonyl (C=O) groups is 2. The number of thiocarbonyl (C=S) groups is 1. The molecule has 1 aliphatic rings. The Bertz CT molecular complexity index is 975. The van der Waals surface area contributed by atoms with E-state index in [2.05, 4.69) is 5.32 Å². The van der Waals surface area contributed by atoms with Crippen molar-refractivity contribution in [2.75, 3.05) is 11.9 Å². The van der Waals surface area contributed by atoms with Gasteiger partial charge in [-0.15, -0.1) is 0 Å². The maximum Gasteiger partial charge on any atom is 0.266 e. The average molecular weight is 402 g/mol. The summed E-state index contributed by atoms with van der Waals surface area (Å²) < 4.78 is 13.6. The summed E-state index contributed by atoms with van der Waals surface area (Å²) >= 11 is 6.27. The molecule has 2 N–H and O–H groups in total. The molecule has 1 saturated heterocycles. The van der Waals surface area contributed by atoms with Crippen LogP contribution in [-0.2, 0) is 9.59 Å². The van der Waals surface area contributed by atoms with Crippen LogP contribution in [0.25, 0.3) is 6.08 Å². The lowest BCUT2D eigenvalue weighted by Gasteiger charge is -2.15. The Hall–Kier alpha value is -2.71. The van der Waals surface area contributed by atoms with Crippen LogP contribution in [-0.4, -0.2) is 32.7 Å². The summed E-state index contributed by atoms with van der Waals surface area (Å²) in [5.74, 6) is -1.10. The van der Waals surface area contributed by atoms with Gasteiger partial charge < -0.3 is 10.4 Å². The second-order valence-corrected chi connectivity index (χ2v) is 7.55. The van der Waals surface area contributed by atoms with Crippen LogP contribution in [0.3, 0.4) is 0 Å². The van der Waals surface area contributed by atoms with Gasteiger partial charge in [0.2, 0.25) is 5.91 Å². The number of aromatic hydroxyl groups is 1. The van der Waals surface area contributed by atoms with Gasteiger partial charge in [0.25, 0.3) is 5.91 Å². The highest BCUT2D eigenvalue weighted by Crippen LogP contribution is 2.32. The minimum atomic E-state index is -0.410. The van der Waals surface area contributed by atoms with Crippen molar-refractivity contribution in [2.45, 2.75) is 6.92 Å². The molecule has 27 heavy (non-hydrogen) atoms. The maximum absolute atomic E-state index is 13.3. The van der Waals surface area contributed by atoms with Crippen molar-refractivity contribution in [1.82, 2.24) is 4.90 Å². The SMILES string of the molecule is Cc1cc(O)ccc1NC(=O)CN1C(=O)/C(=C/c2cccc(F)c2)SC1=S. The molecule has 0 spiro atoms. The van der Waals surface area contributed by atoms with Crippen LogP contribution < -0.4 is 5.32 Å². The monoisotopic (exact) mass is 402 g/mol. The number of hydrogen-bond acceptors (Lipinski definition) is 5. The first-order valence-corrected chi connectivity index (χ1v) is 9.16. The Labute approximate surface area is 164 Å². The topological polar surface area (TPSA) is 69.6 Å². The minimum absolute atomic E-state index is 0.102. The molecule has 2 aromatic carbocycles. The quantitative estimate of drug-likeness (QED) is 0.464. The van der Waals surface area contributed by atoms with Gasteiger partial charge in [0.15, 0.2) is 0 Å². The molecule has 0 bridgehead atoms. The van der Waals surface area contributed by atoms with E-state index in [-0.39, 0.29) is 16.6 Å². The highest BCUT2D eigenvalue weighted by atomic mass is 32.2. The number of thioether (sulfide) groups is 1. The number of benzene rings is 2. The molecule has 0 atom stereocenters. The summed E-state index contributed by atoms with van der Waals surface area (Å²) in [6, 6.07) is 10.4. The van der Waals surface area contributed by atoms with Gasteiger partial charge in [0.05, 0.1) is 4.91 Å². The van der Waals surface area contributed by atoms with Crippen LogP contribution in [0.2, 0.25) is 0 Å². The van der Waals surface area contributed by atoms with Crippen LogP contribution in [0, 0.1) is 12.7 Å². The molecule has 0 saturated carbocycles. The fraction of sp³-hybridized carbons (Fsp3) is 0.105. The minimum Gasteiger partial charge on any atom is -0.508 e. The predicted octanol–water partition coefficient (Wildman–Crippen LogP) is 3.68. The molecule has 0 unspecified atom stereocenters. The summed E-state index contributed by atoms with van der Waals surface area (Å²) in [7, 11) is 0. The zero-order valence-corrected chi connectivity index (χ0v) is 15.9. The fourth-order valence-electron chi connectivity index (χ4n) is 2.51. The Morgan fingerprint density at radius 2 is 2.11 bits per heavy atom. The van der Waals surface area contributed by atoms with Gasteiger partial charge in [0, 0.05) is 5.69 Å². The van der Waals surface area contributed by atoms with Crippen molar-refractivity contribution < 1.29 is 19.1 Å². The number of rotatable bonds is 4. The third-order valence-electron chi connectivity index (χ3n) is 3.81. The van der Waals surface area contributed by atoms with Gasteiger partial charge in [-0.3, -0.25) is 14.5 Å². The van der Waals surface area contributed by atoms with Gasteiger partial charge in [-0.1, -0.05) is 36.1 Å². The van der Waals surface area contributed by atoms with Gasteiger partial charge in [-0.2, -0.15) is 0 Å². The average Bonchev–Trinajstić information content (AvgIpc) is 2.85. The van der Waals surface area contributed by atoms with E-state index in [1.54, 1.807) is 31.2 Å². The first-order chi connectivity index (χ1) is 12.8. The molecule has 0 radical (unpaired) electrons. The molecule has 0 aromatic heterocycles. The highest BCUT2D eigenvalue weighted by Gasteiger charge is 2.33. The van der Waals surface area contributed by atoms with E-state index in [0.717, 1.165) is 11.8 Å². The lowest BCUT2D eigenvalue weighted by molar-refractivity contribution is -0.126. The summed E-state index contributed by atoms with van der Waals surface area (Å²) in [4.78, 5) is 26.4. The van der Waals surface area contributed by atoms with Crippen LogP contribution >= 0.6 is 24.0 Å². The second-order valence-electron chi connectivity index (χ2n) is 5.87. The number of carbonyl (C=O) groups excluding carboxylic acids is 2. The van der Waals surface area contributed by atoms with Crippen molar-refractivity contribution in [2.24, 2.45) is 0 Å². The molecule has 2 aromatic rings. The van der Waals surface area contributed by atoms with Crippen molar-refractivity contribution in [1.29, 1.82) is 0 Å². The third kappa shape index (κ3) is 4.53. The van der Waals surface area contributed by atoms with E-state index in [9.17, 15) is 19.1 Å². The smallest absolute Gasteiger partial charge is 0.266 e. The first kappa shape index (κ1) is 19.1. The first-order valence-electron chi connectivity index (χ1n) is 7.94.